The summed E-state index contributed by atoms with van der Waals surface area (Å²) in [6.07, 6.45) is 9.11. The summed E-state index contributed by atoms with van der Waals surface area (Å²) in [4.78, 5) is 75.7. The Hall–Kier alpha value is -9.88. The lowest BCUT2D eigenvalue weighted by atomic mass is 9.93. The van der Waals surface area contributed by atoms with Gasteiger partial charge in [0.25, 0.3) is 11.8 Å². The van der Waals surface area contributed by atoms with Crippen LogP contribution in [0.1, 0.15) is 120 Å². The number of carbonyl (C=O) groups is 4. The van der Waals surface area contributed by atoms with Gasteiger partial charge in [-0.05, 0) is 135 Å². The van der Waals surface area contributed by atoms with Gasteiger partial charge >= 0.3 is 12.1 Å². The van der Waals surface area contributed by atoms with Gasteiger partial charge in [0.15, 0.2) is 23.0 Å². The monoisotopic (exact) mass is 1160 g/mol. The maximum Gasteiger partial charge on any atom is 0.318 e. The van der Waals surface area contributed by atoms with E-state index in [1.807, 2.05) is 148 Å². The molecule has 0 aliphatic carbocycles. The second-order valence-corrected chi connectivity index (χ2v) is 22.0. The minimum atomic E-state index is -0.408. The van der Waals surface area contributed by atoms with Crippen molar-refractivity contribution in [2.75, 3.05) is 20.2 Å². The second-order valence-electron chi connectivity index (χ2n) is 22.0. The highest BCUT2D eigenvalue weighted by Gasteiger charge is 2.39. The predicted molar refractivity (Wildman–Crippen MR) is 324 cm³/mol. The van der Waals surface area contributed by atoms with E-state index in [1.165, 1.54) is 0 Å². The van der Waals surface area contributed by atoms with Crippen LogP contribution in [0.5, 0.6) is 23.0 Å². The summed E-state index contributed by atoms with van der Waals surface area (Å²) in [6, 6.07) is 37.6. The van der Waals surface area contributed by atoms with Crippen molar-refractivity contribution in [1.82, 2.24) is 51.0 Å². The van der Waals surface area contributed by atoms with E-state index < -0.39 is 6.04 Å². The molecule has 5 N–H and O–H groups in total. The fourth-order valence-electron chi connectivity index (χ4n) is 11.3. The Balaban J connectivity index is 0.000000179. The standard InChI is InChI=1S/C34H35N5O4.C33H33N5O5/c1-4-7-28-31-26(19-39(28)34(41)37-21(2)3)16-27(33(40)36-17-22-11-12-29-30(14-22)43-20-42-29)38-32(31)24-9-5-8-23(15-24)25-10-6-13-35-18-25;1-20(2)36-33(41)38-18-25-15-26(32(40)35-16-21-8-9-28-29(13-21)43-19-42-28)37-31(30(25)27(38)10-12-39)23-6-3-5-22(14-23)24-7-4-11-34-17-24/h5-6,8-16,18,21,28H,4,7,17,19-20H2,1-3H3,(H,36,40)(H,37,41);3-9,11,13-15,17,20,27,39H,10,12,16,18-19H2,1-2H3,(H,35,40)(H,36,41)/t28-;27-/m11/s1. The molecule has 6 amide bonds. The number of ether oxygens (including phenoxy) is 4. The minimum Gasteiger partial charge on any atom is -0.454 e. The van der Waals surface area contributed by atoms with E-state index in [4.69, 9.17) is 28.9 Å². The number of rotatable bonds is 16. The molecule has 0 radical (unpaired) electrons. The van der Waals surface area contributed by atoms with Crippen LogP contribution in [0.3, 0.4) is 0 Å². The summed E-state index contributed by atoms with van der Waals surface area (Å²) in [5, 5.41) is 22.0. The van der Waals surface area contributed by atoms with E-state index >= 15 is 0 Å². The SMILES string of the molecule is CC(C)NC(=O)N1Cc2cc(C(=O)NCc3ccc4c(c3)OCO4)nc(-c3cccc(-c4cccnc4)c3)c2[C@H]1CCO.CCC[C@@H]1c2c(cc(C(=O)NCc3ccc4c(c3)OCO4)nc2-c2cccc(-c3cccnc3)c2)CN1C(=O)NC(C)C. The van der Waals surface area contributed by atoms with Gasteiger partial charge in [-0.3, -0.25) is 19.6 Å². The Labute approximate surface area is 499 Å². The summed E-state index contributed by atoms with van der Waals surface area (Å²) in [5.74, 6) is 2.06. The summed E-state index contributed by atoms with van der Waals surface area (Å²) >= 11 is 0. The summed E-state index contributed by atoms with van der Waals surface area (Å²) < 4.78 is 21.7. The van der Waals surface area contributed by atoms with E-state index in [0.29, 0.717) is 60.4 Å². The van der Waals surface area contributed by atoms with Crippen molar-refractivity contribution < 1.29 is 43.2 Å². The molecule has 86 heavy (non-hydrogen) atoms. The minimum absolute atomic E-state index is 0.00441. The van der Waals surface area contributed by atoms with Gasteiger partial charge in [0.2, 0.25) is 13.6 Å². The Morgan fingerprint density at radius 1 is 0.535 bits per heavy atom. The smallest absolute Gasteiger partial charge is 0.318 e. The number of nitrogens with one attached hydrogen (secondary N) is 4. The van der Waals surface area contributed by atoms with Crippen LogP contribution >= 0.6 is 0 Å². The molecule has 0 bridgehead atoms. The van der Waals surface area contributed by atoms with E-state index in [1.54, 1.807) is 29.6 Å². The van der Waals surface area contributed by atoms with Gasteiger partial charge in [0.1, 0.15) is 11.4 Å². The van der Waals surface area contributed by atoms with Crippen LogP contribution in [0.4, 0.5) is 9.59 Å². The average Bonchev–Trinajstić information content (AvgIpc) is 2.15. The molecule has 19 nitrogen and oxygen atoms in total. The first-order valence-electron chi connectivity index (χ1n) is 29.0. The number of aliphatic hydroxyl groups is 1. The van der Waals surface area contributed by atoms with E-state index in [0.717, 1.165) is 85.3 Å². The van der Waals surface area contributed by atoms with Crippen molar-refractivity contribution in [1.29, 1.82) is 0 Å². The molecule has 4 aromatic heterocycles. The normalized spacial score (nSPS) is 15.0. The average molecular weight is 1160 g/mol. The Morgan fingerprint density at radius 2 is 0.965 bits per heavy atom. The molecular formula is C67H68N10O9. The van der Waals surface area contributed by atoms with Gasteiger partial charge in [0.05, 0.1) is 23.5 Å². The van der Waals surface area contributed by atoms with E-state index in [2.05, 4.69) is 44.2 Å². The lowest BCUT2D eigenvalue weighted by molar-refractivity contribution is 0.0938. The molecule has 8 heterocycles. The van der Waals surface area contributed by atoms with Crippen LogP contribution in [0.25, 0.3) is 44.8 Å². The molecular weight excluding hydrogens is 1090 g/mol. The molecule has 0 fully saturated rings. The number of fused-ring (bicyclic) bond motifs is 4. The number of urea groups is 2. The largest absolute Gasteiger partial charge is 0.454 e. The quantitative estimate of drug-likeness (QED) is 0.0607. The molecule has 0 saturated heterocycles. The van der Waals surface area contributed by atoms with Gasteiger partial charge < -0.3 is 55.1 Å². The third kappa shape index (κ3) is 12.8. The van der Waals surface area contributed by atoms with Crippen molar-refractivity contribution >= 4 is 23.9 Å². The lowest BCUT2D eigenvalue weighted by Gasteiger charge is -2.27. The highest BCUT2D eigenvalue weighted by atomic mass is 16.7. The van der Waals surface area contributed by atoms with Crippen LogP contribution in [0.2, 0.25) is 0 Å². The zero-order chi connectivity index (χ0) is 59.8. The van der Waals surface area contributed by atoms with Crippen molar-refractivity contribution in [3.8, 4) is 67.8 Å². The van der Waals surface area contributed by atoms with E-state index in [-0.39, 0.29) is 74.4 Å². The van der Waals surface area contributed by atoms with Gasteiger partial charge in [0, 0.05) is 103 Å². The van der Waals surface area contributed by atoms with Crippen molar-refractivity contribution in [3.63, 3.8) is 0 Å². The Bertz CT molecular complexity index is 3560. The first-order chi connectivity index (χ1) is 41.8. The fourth-order valence-corrected chi connectivity index (χ4v) is 11.3. The first-order valence-corrected chi connectivity index (χ1v) is 29.0. The summed E-state index contributed by atoms with van der Waals surface area (Å²) in [5.41, 5.74) is 12.8. The highest BCUT2D eigenvalue weighted by molar-refractivity contribution is 5.95. The molecule has 4 aliphatic rings. The molecule has 0 spiro atoms. The van der Waals surface area contributed by atoms with Crippen molar-refractivity contribution in [2.45, 2.75) is 104 Å². The predicted octanol–water partition coefficient (Wildman–Crippen LogP) is 11.1. The molecule has 12 rings (SSSR count). The van der Waals surface area contributed by atoms with Crippen LogP contribution in [-0.4, -0.2) is 91.0 Å². The zero-order valence-corrected chi connectivity index (χ0v) is 48.6. The van der Waals surface area contributed by atoms with Gasteiger partial charge in [-0.25, -0.2) is 19.6 Å². The number of hydrogen-bond acceptors (Lipinski definition) is 13. The molecule has 4 aromatic carbocycles. The van der Waals surface area contributed by atoms with Gasteiger partial charge in [-0.1, -0.05) is 74.0 Å². The highest BCUT2D eigenvalue weighted by Crippen LogP contribution is 2.45. The van der Waals surface area contributed by atoms with E-state index in [9.17, 15) is 24.3 Å². The molecule has 0 unspecified atom stereocenters. The Kier molecular flexibility index (Phi) is 17.5. The summed E-state index contributed by atoms with van der Waals surface area (Å²) in [6.45, 7) is 11.4. The number of amides is 6. The molecule has 19 heteroatoms. The molecule has 4 aliphatic heterocycles. The molecule has 8 aromatic rings. The molecule has 2 atom stereocenters. The number of benzene rings is 4. The zero-order valence-electron chi connectivity index (χ0n) is 48.6. The van der Waals surface area contributed by atoms with Crippen LogP contribution in [0, 0.1) is 0 Å². The summed E-state index contributed by atoms with van der Waals surface area (Å²) in [7, 11) is 0. The Morgan fingerprint density at radius 3 is 1.38 bits per heavy atom. The van der Waals surface area contributed by atoms with Gasteiger partial charge in [-0.2, -0.15) is 0 Å². The molecule has 0 saturated carbocycles. The number of aromatic nitrogens is 4. The number of nitrogens with zero attached hydrogens (tertiary/aromatic N) is 6. The van der Waals surface area contributed by atoms with Crippen LogP contribution < -0.4 is 40.2 Å². The molecule has 440 valence electrons. The second kappa shape index (κ2) is 25.9. The first kappa shape index (κ1) is 57.9. The van der Waals surface area contributed by atoms with Crippen molar-refractivity contribution in [3.05, 3.63) is 191 Å². The fraction of sp³-hybridized carbons (Fsp3) is 0.284. The number of pyridine rings is 4. The third-order valence-corrected chi connectivity index (χ3v) is 15.2. The van der Waals surface area contributed by atoms with Crippen LogP contribution in [-0.2, 0) is 26.2 Å². The van der Waals surface area contributed by atoms with Gasteiger partial charge in [-0.15, -0.1) is 0 Å². The van der Waals surface area contributed by atoms with Crippen LogP contribution in [0.15, 0.2) is 146 Å². The maximum atomic E-state index is 13.6. The topological polar surface area (TPSA) is 232 Å². The number of hydrogen-bond donors (Lipinski definition) is 5. The van der Waals surface area contributed by atoms with Crippen molar-refractivity contribution in [2.24, 2.45) is 0 Å². The lowest BCUT2D eigenvalue weighted by Crippen LogP contribution is -2.42. The maximum absolute atomic E-state index is 13.6. The number of aliphatic hydroxyl groups excluding tert-OH is 1. The number of carbonyl (C=O) groups excluding carboxylic acids is 4. The third-order valence-electron chi connectivity index (χ3n) is 15.2.